The van der Waals surface area contributed by atoms with E-state index in [0.717, 1.165) is 5.56 Å². The van der Waals surface area contributed by atoms with Crippen molar-refractivity contribution < 1.29 is 4.79 Å². The van der Waals surface area contributed by atoms with E-state index in [-0.39, 0.29) is 5.91 Å². The number of carbonyl (C=O) groups excluding carboxylic acids is 1. The number of nitrogens with two attached hydrogens (primary N) is 1. The number of aromatic nitrogens is 1. The van der Waals surface area contributed by atoms with Crippen molar-refractivity contribution in [2.24, 2.45) is 0 Å². The predicted octanol–water partition coefficient (Wildman–Crippen LogP) is 3.24. The number of nitrogen functional groups attached to an aromatic ring is 1. The third-order valence-corrected chi connectivity index (χ3v) is 3.36. The Hall–Kier alpha value is -1.78. The molecule has 1 heterocycles. The van der Waals surface area contributed by atoms with E-state index in [4.69, 9.17) is 28.9 Å². The van der Waals surface area contributed by atoms with E-state index < -0.39 is 0 Å². The van der Waals surface area contributed by atoms with Gasteiger partial charge in [0.25, 0.3) is 5.91 Å². The quantitative estimate of drug-likeness (QED) is 0.885. The van der Waals surface area contributed by atoms with Crippen LogP contribution in [0.1, 0.15) is 16.1 Å². The molecule has 1 aromatic heterocycles. The minimum absolute atomic E-state index is 0.208. The van der Waals surface area contributed by atoms with Gasteiger partial charge in [-0.25, -0.2) is 4.98 Å². The first-order valence-corrected chi connectivity index (χ1v) is 6.64. The molecule has 0 spiro atoms. The lowest BCUT2D eigenvalue weighted by molar-refractivity contribution is 0.0779. The predicted molar refractivity (Wildman–Crippen MR) is 80.9 cm³/mol. The number of anilines is 1. The van der Waals surface area contributed by atoms with Gasteiger partial charge in [0.1, 0.15) is 5.69 Å². The van der Waals surface area contributed by atoms with Crippen molar-refractivity contribution in [3.63, 3.8) is 0 Å². The Bertz CT molecular complexity index is 629. The molecular formula is C14H13Cl2N3O. The fourth-order valence-corrected chi connectivity index (χ4v) is 2.03. The van der Waals surface area contributed by atoms with Gasteiger partial charge >= 0.3 is 0 Å². The van der Waals surface area contributed by atoms with Gasteiger partial charge < -0.3 is 10.6 Å². The van der Waals surface area contributed by atoms with E-state index in [0.29, 0.717) is 28.0 Å². The summed E-state index contributed by atoms with van der Waals surface area (Å²) < 4.78 is 0. The zero-order valence-corrected chi connectivity index (χ0v) is 12.3. The number of carbonyl (C=O) groups is 1. The van der Waals surface area contributed by atoms with Crippen molar-refractivity contribution >= 4 is 34.8 Å². The van der Waals surface area contributed by atoms with Crippen molar-refractivity contribution in [2.75, 3.05) is 12.8 Å². The number of rotatable bonds is 3. The summed E-state index contributed by atoms with van der Waals surface area (Å²) in [6.07, 6.45) is 1.44. The van der Waals surface area contributed by atoms with E-state index in [1.54, 1.807) is 37.4 Å². The van der Waals surface area contributed by atoms with Crippen molar-refractivity contribution in [1.82, 2.24) is 9.88 Å². The van der Waals surface area contributed by atoms with Gasteiger partial charge in [-0.15, -0.1) is 0 Å². The molecule has 6 heteroatoms. The van der Waals surface area contributed by atoms with Gasteiger partial charge in [-0.05, 0) is 35.9 Å². The van der Waals surface area contributed by atoms with Crippen molar-refractivity contribution in [1.29, 1.82) is 0 Å². The molecule has 2 aromatic rings. The molecule has 20 heavy (non-hydrogen) atoms. The van der Waals surface area contributed by atoms with E-state index in [1.807, 2.05) is 0 Å². The maximum absolute atomic E-state index is 12.2. The van der Waals surface area contributed by atoms with Gasteiger partial charge in [-0.2, -0.15) is 0 Å². The molecule has 4 nitrogen and oxygen atoms in total. The largest absolute Gasteiger partial charge is 0.399 e. The van der Waals surface area contributed by atoms with E-state index >= 15 is 0 Å². The maximum Gasteiger partial charge on any atom is 0.272 e. The fraction of sp³-hybridized carbons (Fsp3) is 0.143. The minimum Gasteiger partial charge on any atom is -0.399 e. The standard InChI is InChI=1S/C14H13Cl2N3O/c1-19(8-9-6-11(17)3-4-12(9)16)14(20)13-5-2-10(15)7-18-13/h2-7H,8,17H2,1H3. The Labute approximate surface area is 127 Å². The second kappa shape index (κ2) is 6.11. The molecule has 2 N–H and O–H groups in total. The van der Waals surface area contributed by atoms with Gasteiger partial charge in [0.2, 0.25) is 0 Å². The SMILES string of the molecule is CN(Cc1cc(N)ccc1Cl)C(=O)c1ccc(Cl)cn1. The van der Waals surface area contributed by atoms with Gasteiger partial charge in [0.15, 0.2) is 0 Å². The van der Waals surface area contributed by atoms with Crippen LogP contribution in [0.25, 0.3) is 0 Å². The zero-order chi connectivity index (χ0) is 14.7. The molecule has 0 atom stereocenters. The van der Waals surface area contributed by atoms with E-state index in [2.05, 4.69) is 4.98 Å². The highest BCUT2D eigenvalue weighted by Gasteiger charge is 2.14. The molecule has 2 rings (SSSR count). The number of amides is 1. The Morgan fingerprint density at radius 1 is 1.30 bits per heavy atom. The molecule has 0 bridgehead atoms. The normalized spacial score (nSPS) is 10.3. The third kappa shape index (κ3) is 3.40. The Kier molecular flexibility index (Phi) is 4.47. The first-order chi connectivity index (χ1) is 9.47. The monoisotopic (exact) mass is 309 g/mol. The lowest BCUT2D eigenvalue weighted by atomic mass is 10.2. The average Bonchev–Trinajstić information content (AvgIpc) is 2.43. The second-order valence-electron chi connectivity index (χ2n) is 4.37. The first kappa shape index (κ1) is 14.6. The first-order valence-electron chi connectivity index (χ1n) is 5.88. The number of nitrogens with zero attached hydrogens (tertiary/aromatic N) is 2. The van der Waals surface area contributed by atoms with Crippen LogP contribution in [-0.2, 0) is 6.54 Å². The van der Waals surface area contributed by atoms with E-state index in [9.17, 15) is 4.79 Å². The van der Waals surface area contributed by atoms with Crippen LogP contribution in [-0.4, -0.2) is 22.8 Å². The van der Waals surface area contributed by atoms with Crippen LogP contribution in [0.4, 0.5) is 5.69 Å². The van der Waals surface area contributed by atoms with Crippen LogP contribution < -0.4 is 5.73 Å². The molecule has 0 radical (unpaired) electrons. The van der Waals surface area contributed by atoms with Crippen LogP contribution in [0.5, 0.6) is 0 Å². The fourth-order valence-electron chi connectivity index (χ4n) is 1.74. The van der Waals surface area contributed by atoms with Gasteiger partial charge in [0, 0.05) is 30.5 Å². The number of halogens is 2. The summed E-state index contributed by atoms with van der Waals surface area (Å²) >= 11 is 11.8. The molecule has 0 aliphatic carbocycles. The average molecular weight is 310 g/mol. The Balaban J connectivity index is 2.15. The molecule has 1 amide bonds. The minimum atomic E-state index is -0.208. The van der Waals surface area contributed by atoms with Gasteiger partial charge in [-0.3, -0.25) is 4.79 Å². The zero-order valence-electron chi connectivity index (χ0n) is 10.8. The van der Waals surface area contributed by atoms with Crippen molar-refractivity contribution in [3.8, 4) is 0 Å². The molecule has 0 aliphatic heterocycles. The van der Waals surface area contributed by atoms with Crippen molar-refractivity contribution in [2.45, 2.75) is 6.54 Å². The smallest absolute Gasteiger partial charge is 0.272 e. The highest BCUT2D eigenvalue weighted by Crippen LogP contribution is 2.20. The van der Waals surface area contributed by atoms with Crippen LogP contribution >= 0.6 is 23.2 Å². The molecule has 1 aromatic carbocycles. The summed E-state index contributed by atoms with van der Waals surface area (Å²) in [4.78, 5) is 17.7. The number of hydrogen-bond donors (Lipinski definition) is 1. The summed E-state index contributed by atoms with van der Waals surface area (Å²) in [5.74, 6) is -0.208. The molecule has 0 aliphatic rings. The lowest BCUT2D eigenvalue weighted by Gasteiger charge is -2.18. The number of hydrogen-bond acceptors (Lipinski definition) is 3. The van der Waals surface area contributed by atoms with Crippen LogP contribution in [0.2, 0.25) is 10.0 Å². The molecule has 104 valence electrons. The number of benzene rings is 1. The summed E-state index contributed by atoms with van der Waals surface area (Å²) in [5.41, 5.74) is 7.44. The summed E-state index contributed by atoms with van der Waals surface area (Å²) in [5, 5.41) is 1.06. The van der Waals surface area contributed by atoms with Crippen molar-refractivity contribution in [3.05, 3.63) is 57.8 Å². The molecule has 0 fully saturated rings. The topological polar surface area (TPSA) is 59.2 Å². The highest BCUT2D eigenvalue weighted by atomic mass is 35.5. The highest BCUT2D eigenvalue weighted by molar-refractivity contribution is 6.31. The summed E-state index contributed by atoms with van der Waals surface area (Å²) in [7, 11) is 1.68. The summed E-state index contributed by atoms with van der Waals surface area (Å²) in [6, 6.07) is 8.39. The molecular weight excluding hydrogens is 297 g/mol. The van der Waals surface area contributed by atoms with Crippen LogP contribution in [0, 0.1) is 0 Å². The molecule has 0 saturated carbocycles. The van der Waals surface area contributed by atoms with Crippen LogP contribution in [0.15, 0.2) is 36.5 Å². The van der Waals surface area contributed by atoms with Gasteiger partial charge in [0.05, 0.1) is 5.02 Å². The second-order valence-corrected chi connectivity index (χ2v) is 5.22. The molecule has 0 unspecified atom stereocenters. The summed E-state index contributed by atoms with van der Waals surface area (Å²) in [6.45, 7) is 0.354. The van der Waals surface area contributed by atoms with Crippen LogP contribution in [0.3, 0.4) is 0 Å². The van der Waals surface area contributed by atoms with E-state index in [1.165, 1.54) is 11.1 Å². The van der Waals surface area contributed by atoms with Gasteiger partial charge in [-0.1, -0.05) is 23.2 Å². The Morgan fingerprint density at radius 3 is 2.70 bits per heavy atom. The lowest BCUT2D eigenvalue weighted by Crippen LogP contribution is -2.27. The molecule has 0 saturated heterocycles. The number of pyridine rings is 1. The third-order valence-electron chi connectivity index (χ3n) is 2.77. The Morgan fingerprint density at radius 2 is 2.05 bits per heavy atom. The maximum atomic E-state index is 12.2.